The summed E-state index contributed by atoms with van der Waals surface area (Å²) in [6.45, 7) is 1.53. The van der Waals surface area contributed by atoms with Crippen molar-refractivity contribution in [1.82, 2.24) is 0 Å². The summed E-state index contributed by atoms with van der Waals surface area (Å²) in [5.41, 5.74) is 4.69. The molecule has 0 heterocycles. The Bertz CT molecular complexity index is 34.5. The summed E-state index contributed by atoms with van der Waals surface area (Å²) in [5.74, 6) is 0.167. The first kappa shape index (κ1) is 9.32. The molecule has 0 aliphatic heterocycles. The van der Waals surface area contributed by atoms with Crippen LogP contribution in [0, 0.1) is 5.41 Å². The fourth-order valence-corrected chi connectivity index (χ4v) is 0. The third kappa shape index (κ3) is 4090. The summed E-state index contributed by atoms with van der Waals surface area (Å²) in [6, 6.07) is 0. The Labute approximate surface area is 45.1 Å². The molecule has 0 spiro atoms. The molecule has 3 nitrogen and oxygen atoms in total. The summed E-state index contributed by atoms with van der Waals surface area (Å²) in [6.07, 6.45) is 0. The molecule has 0 aliphatic carbocycles. The topological polar surface area (TPSA) is 70.1 Å². The van der Waals surface area contributed by atoms with Crippen molar-refractivity contribution in [2.24, 2.45) is 5.73 Å². The third-order valence-electron chi connectivity index (χ3n) is 0. The Morgan fingerprint density at radius 3 is 1.83 bits per heavy atom. The highest BCUT2D eigenvalue weighted by Crippen LogP contribution is 1.43. The maximum absolute atomic E-state index is 6.81. The first-order valence-electron chi connectivity index (χ1n) is 1.21. The van der Waals surface area contributed by atoms with Crippen LogP contribution in [0.4, 0.5) is 0 Å². The van der Waals surface area contributed by atoms with Gasteiger partial charge in [0.1, 0.15) is 0 Å². The predicted molar refractivity (Wildman–Crippen MR) is 28.7 cm³/mol. The number of nitrogens with one attached hydrogen (secondary N) is 1. The average molecular weight is 155 g/mol. The van der Waals surface area contributed by atoms with E-state index in [1.807, 2.05) is 16.3 Å². The smallest absolute Gasteiger partial charge is 0.0957 e. The van der Waals surface area contributed by atoms with Gasteiger partial charge in [-0.2, -0.15) is 0 Å². The molecule has 4 heteroatoms. The minimum atomic E-state index is 0.167. The van der Waals surface area contributed by atoms with Crippen molar-refractivity contribution in [3.8, 4) is 0 Å². The Morgan fingerprint density at radius 2 is 1.83 bits per heavy atom. The lowest BCUT2D eigenvalue weighted by atomic mass is 10.8. The van der Waals surface area contributed by atoms with Crippen LogP contribution >= 0.6 is 16.3 Å². The van der Waals surface area contributed by atoms with Gasteiger partial charge in [0.15, 0.2) is 0 Å². The Balaban J connectivity index is 0. The Hall–Kier alpha value is -0.0900. The molecule has 0 aliphatic rings. The molecule has 0 fully saturated rings. The van der Waals surface area contributed by atoms with Crippen LogP contribution in [0.2, 0.25) is 0 Å². The molecule has 0 aromatic heterocycles. The van der Waals surface area contributed by atoms with Crippen molar-refractivity contribution >= 4 is 22.1 Å². The van der Waals surface area contributed by atoms with Gasteiger partial charge >= 0.3 is 0 Å². The van der Waals surface area contributed by atoms with E-state index in [0.717, 1.165) is 0 Å². The molecular weight excluding hydrogens is 148 g/mol. The second-order valence-electron chi connectivity index (χ2n) is 0.683. The molecule has 0 saturated heterocycles. The first-order valence-corrected chi connectivity index (χ1v) is 1.92. The zero-order chi connectivity index (χ0) is 5.58. The van der Waals surface area contributed by atoms with Crippen molar-refractivity contribution in [2.45, 2.75) is 6.92 Å². The van der Waals surface area contributed by atoms with Crippen LogP contribution in [-0.4, -0.2) is 10.0 Å². The highest BCUT2D eigenvalue weighted by atomic mass is 79.9. The van der Waals surface area contributed by atoms with Gasteiger partial charge in [-0.05, 0) is 6.92 Å². The first-order chi connectivity index (χ1) is 2.73. The van der Waals surface area contributed by atoms with Crippen molar-refractivity contribution in [2.75, 3.05) is 0 Å². The number of rotatable bonds is 0. The highest BCUT2D eigenvalue weighted by Gasteiger charge is 1.53. The molecular formula is C2H7BrN2O. The maximum Gasteiger partial charge on any atom is 0.0957 e. The van der Waals surface area contributed by atoms with E-state index in [0.29, 0.717) is 0 Å². The van der Waals surface area contributed by atoms with Crippen molar-refractivity contribution in [3.63, 3.8) is 0 Å². The summed E-state index contributed by atoms with van der Waals surface area (Å²) in [5, 5.41) is 6.28. The molecule has 0 aromatic carbocycles. The molecule has 4 N–H and O–H groups in total. The Morgan fingerprint density at radius 1 is 1.83 bits per heavy atom. The number of nitrogens with two attached hydrogens (primary N) is 1. The third-order valence-corrected chi connectivity index (χ3v) is 0. The fraction of sp³-hybridized carbons (Fsp3) is 0.500. The number of amidine groups is 1. The summed E-state index contributed by atoms with van der Waals surface area (Å²) in [4.78, 5) is 0. The van der Waals surface area contributed by atoms with E-state index < -0.39 is 0 Å². The van der Waals surface area contributed by atoms with Gasteiger partial charge in [-0.1, -0.05) is 0 Å². The van der Waals surface area contributed by atoms with E-state index in [4.69, 9.17) is 15.3 Å². The minimum Gasteiger partial charge on any atom is -0.388 e. The highest BCUT2D eigenvalue weighted by molar-refractivity contribution is 9.05. The van der Waals surface area contributed by atoms with Crippen molar-refractivity contribution in [3.05, 3.63) is 0 Å². The van der Waals surface area contributed by atoms with Crippen molar-refractivity contribution < 1.29 is 4.20 Å². The number of hydrogen-bond acceptors (Lipinski definition) is 2. The van der Waals surface area contributed by atoms with Crippen molar-refractivity contribution in [1.29, 1.82) is 5.41 Å². The van der Waals surface area contributed by atoms with Crippen LogP contribution < -0.4 is 5.73 Å². The predicted octanol–water partition coefficient (Wildman–Crippen LogP) is 0.231. The van der Waals surface area contributed by atoms with E-state index >= 15 is 0 Å². The van der Waals surface area contributed by atoms with Gasteiger partial charge in [0.05, 0.1) is 22.1 Å². The van der Waals surface area contributed by atoms with E-state index in [1.54, 1.807) is 0 Å². The Kier molecular flexibility index (Phi) is 13.8. The van der Waals surface area contributed by atoms with E-state index in [2.05, 4.69) is 0 Å². The fourth-order valence-electron chi connectivity index (χ4n) is 0. The number of hydrogen-bond donors (Lipinski definition) is 3. The zero-order valence-corrected chi connectivity index (χ0v) is 4.99. The monoisotopic (exact) mass is 154 g/mol. The summed E-state index contributed by atoms with van der Waals surface area (Å²) in [7, 11) is 0. The lowest BCUT2D eigenvalue weighted by Crippen LogP contribution is -2.00. The van der Waals surface area contributed by atoms with E-state index in [-0.39, 0.29) is 5.84 Å². The quantitative estimate of drug-likeness (QED) is 0.346. The second kappa shape index (κ2) is 8.86. The van der Waals surface area contributed by atoms with Crippen LogP contribution in [0.5, 0.6) is 0 Å². The minimum absolute atomic E-state index is 0.167. The van der Waals surface area contributed by atoms with Crippen LogP contribution in [0.1, 0.15) is 6.92 Å². The summed E-state index contributed by atoms with van der Waals surface area (Å²) < 4.78 is 6.81. The maximum atomic E-state index is 6.81. The lowest BCUT2D eigenvalue weighted by Gasteiger charge is -1.66. The SMILES string of the molecule is CC(=N)N.OBr. The van der Waals surface area contributed by atoms with Gasteiger partial charge < -0.3 is 9.93 Å². The molecule has 0 amide bonds. The van der Waals surface area contributed by atoms with Crippen LogP contribution in [-0.2, 0) is 0 Å². The molecule has 0 aromatic rings. The molecule has 6 heavy (non-hydrogen) atoms. The van der Waals surface area contributed by atoms with E-state index in [1.165, 1.54) is 6.92 Å². The van der Waals surface area contributed by atoms with Gasteiger partial charge in [0, 0.05) is 0 Å². The van der Waals surface area contributed by atoms with Gasteiger partial charge in [0.25, 0.3) is 0 Å². The molecule has 0 unspecified atom stereocenters. The zero-order valence-electron chi connectivity index (χ0n) is 3.40. The molecule has 38 valence electrons. The number of halogens is 1. The molecule has 0 atom stereocenters. The van der Waals surface area contributed by atoms with Crippen LogP contribution in [0.3, 0.4) is 0 Å². The molecule has 0 radical (unpaired) electrons. The van der Waals surface area contributed by atoms with Gasteiger partial charge in [-0.15, -0.1) is 0 Å². The van der Waals surface area contributed by atoms with Crippen LogP contribution in [0.15, 0.2) is 0 Å². The normalized spacial score (nSPS) is 5.17. The summed E-state index contributed by atoms with van der Waals surface area (Å²) >= 11 is 1.94. The van der Waals surface area contributed by atoms with E-state index in [9.17, 15) is 0 Å². The van der Waals surface area contributed by atoms with Crippen LogP contribution in [0.25, 0.3) is 0 Å². The largest absolute Gasteiger partial charge is 0.388 e. The van der Waals surface area contributed by atoms with Gasteiger partial charge in [-0.3, -0.25) is 5.41 Å². The lowest BCUT2D eigenvalue weighted by molar-refractivity contribution is 0.702. The standard InChI is InChI=1S/C2H6N2.BrHO/c1-2(3)4;1-2/h1H3,(H3,3,4);2H. The molecule has 0 saturated carbocycles. The second-order valence-corrected chi connectivity index (χ2v) is 0.683. The average Bonchev–Trinajstić information content (AvgIpc) is 1.41. The van der Waals surface area contributed by atoms with Gasteiger partial charge in [0.2, 0.25) is 0 Å². The molecule has 0 bridgehead atoms. The molecule has 0 rings (SSSR count). The van der Waals surface area contributed by atoms with Gasteiger partial charge in [-0.25, -0.2) is 0 Å².